The summed E-state index contributed by atoms with van der Waals surface area (Å²) in [7, 11) is 0. The second kappa shape index (κ2) is 5.21. The first-order valence-corrected chi connectivity index (χ1v) is 7.03. The molecule has 0 bridgehead atoms. The number of phenolic OH excluding ortho intramolecular Hbond substituents is 1. The lowest BCUT2D eigenvalue weighted by molar-refractivity contribution is 0.0913. The quantitative estimate of drug-likeness (QED) is 0.755. The van der Waals surface area contributed by atoms with Gasteiger partial charge >= 0.3 is 0 Å². The number of hydrogen-bond donors (Lipinski definition) is 3. The fourth-order valence-electron chi connectivity index (χ4n) is 3.35. The van der Waals surface area contributed by atoms with Crippen molar-refractivity contribution in [3.63, 3.8) is 0 Å². The standard InChI is InChI=1S/C15H20N2O2/c18-14-3-1-2-10(7-14)15(19)17-13-5-4-11-8-16-9-12(11)6-13/h1-3,7,11-13,16,18H,4-6,8-9H2,(H,17,19)/t11-,12+,13?/m0/s1. The summed E-state index contributed by atoms with van der Waals surface area (Å²) in [4.78, 5) is 12.1. The van der Waals surface area contributed by atoms with Gasteiger partial charge in [0.05, 0.1) is 0 Å². The minimum Gasteiger partial charge on any atom is -0.508 e. The second-order valence-electron chi connectivity index (χ2n) is 5.71. The van der Waals surface area contributed by atoms with Crippen LogP contribution >= 0.6 is 0 Å². The summed E-state index contributed by atoms with van der Waals surface area (Å²) in [5.41, 5.74) is 0.534. The number of carbonyl (C=O) groups excluding carboxylic acids is 1. The van der Waals surface area contributed by atoms with E-state index in [0.717, 1.165) is 31.8 Å². The third-order valence-corrected chi connectivity index (χ3v) is 4.40. The van der Waals surface area contributed by atoms with Crippen LogP contribution in [0, 0.1) is 11.8 Å². The van der Waals surface area contributed by atoms with E-state index >= 15 is 0 Å². The van der Waals surface area contributed by atoms with Gasteiger partial charge in [-0.3, -0.25) is 4.79 Å². The number of nitrogens with one attached hydrogen (secondary N) is 2. The van der Waals surface area contributed by atoms with Crippen LogP contribution < -0.4 is 10.6 Å². The SMILES string of the molecule is O=C(NC1CC[C@H]2CNC[C@H]2C1)c1cccc(O)c1. The molecule has 1 unspecified atom stereocenters. The molecule has 4 nitrogen and oxygen atoms in total. The van der Waals surface area contributed by atoms with Gasteiger partial charge in [0.25, 0.3) is 5.91 Å². The van der Waals surface area contributed by atoms with Gasteiger partial charge < -0.3 is 15.7 Å². The predicted octanol–water partition coefficient (Wildman–Crippen LogP) is 1.51. The minimum absolute atomic E-state index is 0.0784. The molecule has 2 aliphatic rings. The highest BCUT2D eigenvalue weighted by Gasteiger charge is 2.34. The van der Waals surface area contributed by atoms with E-state index in [4.69, 9.17) is 0 Å². The second-order valence-corrected chi connectivity index (χ2v) is 5.71. The Morgan fingerprint density at radius 3 is 2.95 bits per heavy atom. The van der Waals surface area contributed by atoms with E-state index in [1.165, 1.54) is 12.5 Å². The third-order valence-electron chi connectivity index (χ3n) is 4.40. The van der Waals surface area contributed by atoms with Crippen molar-refractivity contribution in [3.05, 3.63) is 29.8 Å². The van der Waals surface area contributed by atoms with E-state index < -0.39 is 0 Å². The van der Waals surface area contributed by atoms with Crippen LogP contribution in [0.5, 0.6) is 5.75 Å². The van der Waals surface area contributed by atoms with Gasteiger partial charge in [0.1, 0.15) is 5.75 Å². The summed E-state index contributed by atoms with van der Waals surface area (Å²) in [6, 6.07) is 6.79. The molecule has 1 heterocycles. The number of rotatable bonds is 2. The van der Waals surface area contributed by atoms with E-state index in [0.29, 0.717) is 11.5 Å². The molecule has 3 atom stereocenters. The summed E-state index contributed by atoms with van der Waals surface area (Å²) in [5, 5.41) is 15.9. The molecule has 1 saturated carbocycles. The summed E-state index contributed by atoms with van der Waals surface area (Å²) in [6.07, 6.45) is 3.33. The Hall–Kier alpha value is -1.55. The van der Waals surface area contributed by atoms with Crippen molar-refractivity contribution in [2.24, 2.45) is 11.8 Å². The number of amides is 1. The Morgan fingerprint density at radius 1 is 1.26 bits per heavy atom. The Kier molecular flexibility index (Phi) is 3.42. The van der Waals surface area contributed by atoms with Crippen LogP contribution in [0.1, 0.15) is 29.6 Å². The number of fused-ring (bicyclic) bond motifs is 1. The van der Waals surface area contributed by atoms with E-state index in [1.807, 2.05) is 0 Å². The molecule has 1 aliphatic carbocycles. The van der Waals surface area contributed by atoms with Crippen LogP contribution in [0.3, 0.4) is 0 Å². The van der Waals surface area contributed by atoms with Crippen molar-refractivity contribution in [2.75, 3.05) is 13.1 Å². The highest BCUT2D eigenvalue weighted by molar-refractivity contribution is 5.94. The topological polar surface area (TPSA) is 61.4 Å². The largest absolute Gasteiger partial charge is 0.508 e. The van der Waals surface area contributed by atoms with Crippen LogP contribution in [-0.4, -0.2) is 30.1 Å². The van der Waals surface area contributed by atoms with Crippen molar-refractivity contribution >= 4 is 5.91 Å². The number of carbonyl (C=O) groups is 1. The fraction of sp³-hybridized carbons (Fsp3) is 0.533. The molecule has 1 amide bonds. The maximum atomic E-state index is 12.1. The van der Waals surface area contributed by atoms with Crippen LogP contribution in [0.2, 0.25) is 0 Å². The molecule has 0 spiro atoms. The normalized spacial score (nSPS) is 29.8. The molecule has 102 valence electrons. The zero-order chi connectivity index (χ0) is 13.2. The van der Waals surface area contributed by atoms with Gasteiger partial charge in [-0.2, -0.15) is 0 Å². The van der Waals surface area contributed by atoms with Crippen molar-refractivity contribution < 1.29 is 9.90 Å². The van der Waals surface area contributed by atoms with Gasteiger partial charge in [0.2, 0.25) is 0 Å². The molecule has 1 aromatic carbocycles. The number of hydrogen-bond acceptors (Lipinski definition) is 3. The smallest absolute Gasteiger partial charge is 0.251 e. The average molecular weight is 260 g/mol. The first kappa shape index (κ1) is 12.5. The van der Waals surface area contributed by atoms with Crippen molar-refractivity contribution in [2.45, 2.75) is 25.3 Å². The minimum atomic E-state index is -0.0784. The molecular formula is C15H20N2O2. The van der Waals surface area contributed by atoms with Crippen LogP contribution in [0.15, 0.2) is 24.3 Å². The van der Waals surface area contributed by atoms with Gasteiger partial charge in [-0.1, -0.05) is 6.07 Å². The maximum Gasteiger partial charge on any atom is 0.251 e. The van der Waals surface area contributed by atoms with Crippen LogP contribution in [-0.2, 0) is 0 Å². The lowest BCUT2D eigenvalue weighted by Crippen LogP contribution is -2.40. The van der Waals surface area contributed by atoms with Crippen molar-refractivity contribution in [1.82, 2.24) is 10.6 Å². The van der Waals surface area contributed by atoms with Crippen LogP contribution in [0.25, 0.3) is 0 Å². The molecule has 19 heavy (non-hydrogen) atoms. The zero-order valence-corrected chi connectivity index (χ0v) is 10.9. The molecule has 2 fully saturated rings. The van der Waals surface area contributed by atoms with Gasteiger partial charge in [-0.05, 0) is 62.4 Å². The zero-order valence-electron chi connectivity index (χ0n) is 10.9. The fourth-order valence-corrected chi connectivity index (χ4v) is 3.35. The third kappa shape index (κ3) is 2.73. The summed E-state index contributed by atoms with van der Waals surface area (Å²) >= 11 is 0. The van der Waals surface area contributed by atoms with Crippen LogP contribution in [0.4, 0.5) is 0 Å². The molecule has 1 saturated heterocycles. The lowest BCUT2D eigenvalue weighted by Gasteiger charge is -2.31. The highest BCUT2D eigenvalue weighted by Crippen LogP contribution is 2.32. The van der Waals surface area contributed by atoms with Crippen molar-refractivity contribution in [1.29, 1.82) is 0 Å². The van der Waals surface area contributed by atoms with E-state index in [9.17, 15) is 9.90 Å². The molecule has 1 aliphatic heterocycles. The maximum absolute atomic E-state index is 12.1. The molecule has 0 aromatic heterocycles. The molecule has 1 aromatic rings. The summed E-state index contributed by atoms with van der Waals surface area (Å²) in [5.74, 6) is 1.57. The molecule has 3 N–H and O–H groups in total. The lowest BCUT2D eigenvalue weighted by atomic mass is 9.79. The summed E-state index contributed by atoms with van der Waals surface area (Å²) in [6.45, 7) is 2.22. The van der Waals surface area contributed by atoms with E-state index in [1.54, 1.807) is 18.2 Å². The predicted molar refractivity (Wildman–Crippen MR) is 73.1 cm³/mol. The monoisotopic (exact) mass is 260 g/mol. The molecular weight excluding hydrogens is 240 g/mol. The Bertz CT molecular complexity index is 475. The number of phenols is 1. The number of benzene rings is 1. The Morgan fingerprint density at radius 2 is 2.11 bits per heavy atom. The Balaban J connectivity index is 1.61. The first-order valence-electron chi connectivity index (χ1n) is 7.03. The molecule has 0 radical (unpaired) electrons. The molecule has 3 rings (SSSR count). The average Bonchev–Trinajstić information content (AvgIpc) is 2.86. The molecule has 4 heteroatoms. The van der Waals surface area contributed by atoms with Gasteiger partial charge in [-0.15, -0.1) is 0 Å². The van der Waals surface area contributed by atoms with Gasteiger partial charge in [-0.25, -0.2) is 0 Å². The van der Waals surface area contributed by atoms with Gasteiger partial charge in [0.15, 0.2) is 0 Å². The Labute approximate surface area is 113 Å². The van der Waals surface area contributed by atoms with Gasteiger partial charge in [0, 0.05) is 11.6 Å². The summed E-state index contributed by atoms with van der Waals surface area (Å²) < 4.78 is 0. The number of aromatic hydroxyl groups is 1. The highest BCUT2D eigenvalue weighted by atomic mass is 16.3. The van der Waals surface area contributed by atoms with E-state index in [-0.39, 0.29) is 17.7 Å². The first-order chi connectivity index (χ1) is 9.22. The van der Waals surface area contributed by atoms with E-state index in [2.05, 4.69) is 10.6 Å². The van der Waals surface area contributed by atoms with Crippen molar-refractivity contribution in [3.8, 4) is 5.75 Å².